The summed E-state index contributed by atoms with van der Waals surface area (Å²) in [6, 6.07) is 6.84. The van der Waals surface area contributed by atoms with Gasteiger partial charge in [0.05, 0.1) is 24.3 Å². The average Bonchev–Trinajstić information content (AvgIpc) is 2.53. The minimum absolute atomic E-state index is 0.0159. The van der Waals surface area contributed by atoms with Crippen LogP contribution in [-0.2, 0) is 14.3 Å². The van der Waals surface area contributed by atoms with Crippen LogP contribution in [0, 0.1) is 0 Å². The number of benzene rings is 1. The standard InChI is InChI=1S/C16H21N3O4S/c1-4-23-14(21)10-9-13(20)18-16(24)17-12-8-6-5-7-11(12)15(22)19(2)3/h5-8H,4,9-10H2,1-3H3,(H2,17,18,20,24). The van der Waals surface area contributed by atoms with Crippen molar-refractivity contribution in [2.45, 2.75) is 19.8 Å². The lowest BCUT2D eigenvalue weighted by Crippen LogP contribution is -2.35. The molecule has 0 heterocycles. The number of nitrogens with one attached hydrogen (secondary N) is 2. The van der Waals surface area contributed by atoms with Gasteiger partial charge in [0.25, 0.3) is 5.91 Å². The van der Waals surface area contributed by atoms with E-state index in [1.54, 1.807) is 45.3 Å². The van der Waals surface area contributed by atoms with Crippen LogP contribution in [0.4, 0.5) is 5.69 Å². The zero-order valence-corrected chi connectivity index (χ0v) is 14.7. The topological polar surface area (TPSA) is 87.7 Å². The van der Waals surface area contributed by atoms with Crippen LogP contribution in [0.2, 0.25) is 0 Å². The number of carbonyl (C=O) groups is 3. The van der Waals surface area contributed by atoms with Gasteiger partial charge in [0.15, 0.2) is 5.11 Å². The highest BCUT2D eigenvalue weighted by atomic mass is 32.1. The van der Waals surface area contributed by atoms with Crippen LogP contribution in [0.25, 0.3) is 0 Å². The fourth-order valence-electron chi connectivity index (χ4n) is 1.81. The molecule has 0 saturated heterocycles. The Hall–Kier alpha value is -2.48. The number of thiocarbonyl (C=S) groups is 1. The predicted octanol–water partition coefficient (Wildman–Crippen LogP) is 1.54. The number of nitrogens with zero attached hydrogens (tertiary/aromatic N) is 1. The molecule has 1 aromatic carbocycles. The van der Waals surface area contributed by atoms with Crippen molar-refractivity contribution in [2.75, 3.05) is 26.0 Å². The van der Waals surface area contributed by atoms with E-state index < -0.39 is 11.9 Å². The van der Waals surface area contributed by atoms with Crippen LogP contribution in [0.1, 0.15) is 30.1 Å². The highest BCUT2D eigenvalue weighted by Gasteiger charge is 2.14. The third-order valence-electron chi connectivity index (χ3n) is 2.93. The monoisotopic (exact) mass is 351 g/mol. The predicted molar refractivity (Wildman–Crippen MR) is 94.7 cm³/mol. The molecule has 1 rings (SSSR count). The first kappa shape index (κ1) is 19.6. The fourth-order valence-corrected chi connectivity index (χ4v) is 2.03. The lowest BCUT2D eigenvalue weighted by Gasteiger charge is -2.16. The number of carbonyl (C=O) groups excluding carboxylic acids is 3. The Morgan fingerprint density at radius 1 is 1.17 bits per heavy atom. The Balaban J connectivity index is 2.61. The summed E-state index contributed by atoms with van der Waals surface area (Å²) in [6.45, 7) is 1.97. The van der Waals surface area contributed by atoms with Gasteiger partial charge in [0.1, 0.15) is 0 Å². The summed E-state index contributed by atoms with van der Waals surface area (Å²) in [5.41, 5.74) is 0.928. The molecule has 2 N–H and O–H groups in total. The number of amides is 2. The number of esters is 1. The molecule has 0 aromatic heterocycles. The summed E-state index contributed by atoms with van der Waals surface area (Å²) < 4.78 is 4.75. The van der Waals surface area contributed by atoms with E-state index >= 15 is 0 Å². The van der Waals surface area contributed by atoms with Gasteiger partial charge in [-0.05, 0) is 31.3 Å². The normalized spacial score (nSPS) is 9.79. The van der Waals surface area contributed by atoms with Gasteiger partial charge in [-0.1, -0.05) is 12.1 Å². The van der Waals surface area contributed by atoms with Crippen LogP contribution < -0.4 is 10.6 Å². The van der Waals surface area contributed by atoms with Crippen molar-refractivity contribution in [1.29, 1.82) is 0 Å². The van der Waals surface area contributed by atoms with E-state index in [4.69, 9.17) is 17.0 Å². The van der Waals surface area contributed by atoms with Crippen LogP contribution in [-0.4, -0.2) is 48.5 Å². The summed E-state index contributed by atoms with van der Waals surface area (Å²) in [5, 5.41) is 5.35. The van der Waals surface area contributed by atoms with Gasteiger partial charge < -0.3 is 20.3 Å². The Morgan fingerprint density at radius 2 is 1.83 bits per heavy atom. The highest BCUT2D eigenvalue weighted by molar-refractivity contribution is 7.80. The largest absolute Gasteiger partial charge is 0.466 e. The molecule has 0 unspecified atom stereocenters. The molecular formula is C16H21N3O4S. The van der Waals surface area contributed by atoms with E-state index in [0.29, 0.717) is 11.3 Å². The third-order valence-corrected chi connectivity index (χ3v) is 3.13. The first-order chi connectivity index (χ1) is 11.3. The molecule has 0 fully saturated rings. The second kappa shape index (κ2) is 9.61. The molecule has 1 aromatic rings. The molecule has 0 bridgehead atoms. The fraction of sp³-hybridized carbons (Fsp3) is 0.375. The molecule has 7 nitrogen and oxygen atoms in total. The first-order valence-electron chi connectivity index (χ1n) is 7.42. The molecule has 0 spiro atoms. The van der Waals surface area contributed by atoms with Crippen molar-refractivity contribution in [3.63, 3.8) is 0 Å². The summed E-state index contributed by atoms with van der Waals surface area (Å²) in [5.74, 6) is -1.03. The number of para-hydroxylation sites is 1. The number of anilines is 1. The van der Waals surface area contributed by atoms with Gasteiger partial charge in [0.2, 0.25) is 5.91 Å². The highest BCUT2D eigenvalue weighted by Crippen LogP contribution is 2.16. The Morgan fingerprint density at radius 3 is 2.46 bits per heavy atom. The Kier molecular flexibility index (Phi) is 7.84. The summed E-state index contributed by atoms with van der Waals surface area (Å²) in [7, 11) is 3.29. The summed E-state index contributed by atoms with van der Waals surface area (Å²) >= 11 is 5.07. The van der Waals surface area contributed by atoms with Crippen LogP contribution in [0.5, 0.6) is 0 Å². The first-order valence-corrected chi connectivity index (χ1v) is 7.83. The molecule has 0 aliphatic heterocycles. The van der Waals surface area contributed by atoms with E-state index in [0.717, 1.165) is 0 Å². The average molecular weight is 351 g/mol. The van der Waals surface area contributed by atoms with E-state index in [2.05, 4.69) is 10.6 Å². The third kappa shape index (κ3) is 6.33. The minimum atomic E-state index is -0.437. The molecule has 130 valence electrons. The molecule has 0 aliphatic carbocycles. The maximum Gasteiger partial charge on any atom is 0.306 e. The van der Waals surface area contributed by atoms with E-state index in [9.17, 15) is 14.4 Å². The van der Waals surface area contributed by atoms with Gasteiger partial charge >= 0.3 is 5.97 Å². The van der Waals surface area contributed by atoms with E-state index in [-0.39, 0.29) is 30.5 Å². The van der Waals surface area contributed by atoms with Gasteiger partial charge in [-0.15, -0.1) is 0 Å². The van der Waals surface area contributed by atoms with Crippen molar-refractivity contribution in [3.8, 4) is 0 Å². The molecule has 24 heavy (non-hydrogen) atoms. The molecule has 2 amide bonds. The smallest absolute Gasteiger partial charge is 0.306 e. The number of hydrogen-bond acceptors (Lipinski definition) is 5. The van der Waals surface area contributed by atoms with Crippen molar-refractivity contribution in [3.05, 3.63) is 29.8 Å². The SMILES string of the molecule is CCOC(=O)CCC(=O)NC(=S)Nc1ccccc1C(=O)N(C)C. The number of rotatable bonds is 6. The van der Waals surface area contributed by atoms with Crippen molar-refractivity contribution in [2.24, 2.45) is 0 Å². The van der Waals surface area contributed by atoms with Gasteiger partial charge in [-0.2, -0.15) is 0 Å². The Labute approximate surface area is 146 Å². The summed E-state index contributed by atoms with van der Waals surface area (Å²) in [6.07, 6.45) is -0.0447. The molecule has 0 saturated carbocycles. The van der Waals surface area contributed by atoms with Crippen molar-refractivity contribution in [1.82, 2.24) is 10.2 Å². The number of hydrogen-bond donors (Lipinski definition) is 2. The maximum atomic E-state index is 12.1. The molecule has 0 radical (unpaired) electrons. The second-order valence-electron chi connectivity index (χ2n) is 5.05. The van der Waals surface area contributed by atoms with Crippen LogP contribution >= 0.6 is 12.2 Å². The lowest BCUT2D eigenvalue weighted by atomic mass is 10.1. The molecular weight excluding hydrogens is 330 g/mol. The number of ether oxygens (including phenoxy) is 1. The summed E-state index contributed by atoms with van der Waals surface area (Å²) in [4.78, 5) is 36.5. The Bertz CT molecular complexity index is 632. The van der Waals surface area contributed by atoms with Crippen LogP contribution in [0.3, 0.4) is 0 Å². The molecule has 0 aliphatic rings. The van der Waals surface area contributed by atoms with Crippen molar-refractivity contribution >= 4 is 40.8 Å². The minimum Gasteiger partial charge on any atom is -0.466 e. The van der Waals surface area contributed by atoms with Crippen molar-refractivity contribution < 1.29 is 19.1 Å². The van der Waals surface area contributed by atoms with Gasteiger partial charge in [-0.25, -0.2) is 0 Å². The van der Waals surface area contributed by atoms with Crippen LogP contribution in [0.15, 0.2) is 24.3 Å². The second-order valence-corrected chi connectivity index (χ2v) is 5.46. The zero-order chi connectivity index (χ0) is 18.1. The van der Waals surface area contributed by atoms with Gasteiger partial charge in [0, 0.05) is 20.5 Å². The van der Waals surface area contributed by atoms with E-state index in [1.807, 2.05) is 0 Å². The molecule has 8 heteroatoms. The zero-order valence-electron chi connectivity index (χ0n) is 13.9. The van der Waals surface area contributed by atoms with E-state index in [1.165, 1.54) is 4.90 Å². The maximum absolute atomic E-state index is 12.1. The quantitative estimate of drug-likeness (QED) is 0.597. The van der Waals surface area contributed by atoms with Gasteiger partial charge in [-0.3, -0.25) is 14.4 Å². The lowest BCUT2D eigenvalue weighted by molar-refractivity contribution is -0.144. The molecule has 0 atom stereocenters.